The molecular weight excluding hydrogens is 443 g/mol. The SMILES string of the molecule is CCn1c(/C=C/c2cnn(Cc3ccccc3C(F)(F)F)c2)c([N+](=O)[O-])c(=O)n(CC)c1=O. The molecule has 0 bridgehead atoms. The number of rotatable bonds is 7. The summed E-state index contributed by atoms with van der Waals surface area (Å²) in [5.74, 6) is 0. The number of benzene rings is 1. The summed E-state index contributed by atoms with van der Waals surface area (Å²) in [5.41, 5.74) is -2.90. The lowest BCUT2D eigenvalue weighted by Crippen LogP contribution is -2.41. The molecule has 2 heterocycles. The molecule has 12 heteroatoms. The van der Waals surface area contributed by atoms with E-state index in [1.807, 2.05) is 0 Å². The zero-order valence-corrected chi connectivity index (χ0v) is 17.7. The smallest absolute Gasteiger partial charge is 0.288 e. The molecule has 0 saturated carbocycles. The molecule has 0 amide bonds. The summed E-state index contributed by atoms with van der Waals surface area (Å²) in [4.78, 5) is 35.7. The summed E-state index contributed by atoms with van der Waals surface area (Å²) >= 11 is 0. The lowest BCUT2D eigenvalue weighted by Gasteiger charge is -2.12. The first-order valence-electron chi connectivity index (χ1n) is 9.96. The maximum absolute atomic E-state index is 13.2. The Morgan fingerprint density at radius 2 is 1.76 bits per heavy atom. The van der Waals surface area contributed by atoms with Crippen LogP contribution in [0.1, 0.15) is 36.2 Å². The molecule has 1 aromatic carbocycles. The van der Waals surface area contributed by atoms with Gasteiger partial charge in [0.1, 0.15) is 5.69 Å². The molecule has 0 spiro atoms. The predicted octanol–water partition coefficient (Wildman–Crippen LogP) is 3.39. The lowest BCUT2D eigenvalue weighted by molar-refractivity contribution is -0.387. The minimum atomic E-state index is -4.51. The number of nitrogens with zero attached hydrogens (tertiary/aromatic N) is 5. The average molecular weight is 463 g/mol. The Balaban J connectivity index is 1.99. The van der Waals surface area contributed by atoms with E-state index in [1.165, 1.54) is 54.4 Å². The second-order valence-corrected chi connectivity index (χ2v) is 7.03. The molecule has 2 aromatic heterocycles. The van der Waals surface area contributed by atoms with Crippen molar-refractivity contribution in [1.29, 1.82) is 0 Å². The molecule has 0 radical (unpaired) electrons. The van der Waals surface area contributed by atoms with Gasteiger partial charge in [-0.25, -0.2) is 4.79 Å². The van der Waals surface area contributed by atoms with Crippen molar-refractivity contribution < 1.29 is 18.1 Å². The van der Waals surface area contributed by atoms with Crippen LogP contribution < -0.4 is 11.2 Å². The molecule has 0 fully saturated rings. The third-order valence-corrected chi connectivity index (χ3v) is 5.00. The van der Waals surface area contributed by atoms with Crippen molar-refractivity contribution in [3.63, 3.8) is 0 Å². The van der Waals surface area contributed by atoms with Crippen molar-refractivity contribution in [2.45, 2.75) is 39.7 Å². The van der Waals surface area contributed by atoms with E-state index in [4.69, 9.17) is 0 Å². The number of nitro groups is 1. The van der Waals surface area contributed by atoms with E-state index in [2.05, 4.69) is 5.10 Å². The minimum Gasteiger partial charge on any atom is -0.288 e. The van der Waals surface area contributed by atoms with Crippen molar-refractivity contribution in [2.75, 3.05) is 0 Å². The first-order valence-corrected chi connectivity index (χ1v) is 9.96. The predicted molar refractivity (Wildman–Crippen MR) is 115 cm³/mol. The topological polar surface area (TPSA) is 105 Å². The molecule has 3 aromatic rings. The minimum absolute atomic E-state index is 0.0192. The second kappa shape index (κ2) is 9.27. The maximum atomic E-state index is 13.2. The van der Waals surface area contributed by atoms with Crippen LogP contribution in [0.15, 0.2) is 46.2 Å². The van der Waals surface area contributed by atoms with Gasteiger partial charge in [0.15, 0.2) is 0 Å². The fourth-order valence-corrected chi connectivity index (χ4v) is 3.46. The lowest BCUT2D eigenvalue weighted by atomic mass is 10.1. The van der Waals surface area contributed by atoms with Crippen molar-refractivity contribution >= 4 is 17.8 Å². The van der Waals surface area contributed by atoms with Crippen molar-refractivity contribution in [3.05, 3.63) is 90.0 Å². The van der Waals surface area contributed by atoms with Crippen LogP contribution >= 0.6 is 0 Å². The zero-order valence-electron chi connectivity index (χ0n) is 17.7. The van der Waals surface area contributed by atoms with Crippen LogP contribution in [0, 0.1) is 10.1 Å². The normalized spacial score (nSPS) is 11.9. The Morgan fingerprint density at radius 3 is 2.36 bits per heavy atom. The van der Waals surface area contributed by atoms with Gasteiger partial charge >= 0.3 is 23.1 Å². The third-order valence-electron chi connectivity index (χ3n) is 5.00. The highest BCUT2D eigenvalue weighted by atomic mass is 19.4. The van der Waals surface area contributed by atoms with Gasteiger partial charge in [-0.2, -0.15) is 18.3 Å². The van der Waals surface area contributed by atoms with Gasteiger partial charge in [0, 0.05) is 24.8 Å². The summed E-state index contributed by atoms with van der Waals surface area (Å²) < 4.78 is 42.8. The average Bonchev–Trinajstić information content (AvgIpc) is 3.19. The first-order chi connectivity index (χ1) is 15.6. The second-order valence-electron chi connectivity index (χ2n) is 7.03. The zero-order chi connectivity index (χ0) is 24.3. The molecule has 0 N–H and O–H groups in total. The van der Waals surface area contributed by atoms with E-state index in [1.54, 1.807) is 6.92 Å². The van der Waals surface area contributed by atoms with Crippen LogP contribution in [0.3, 0.4) is 0 Å². The standard InChI is InChI=1S/C21H20F3N5O4/c1-3-27-17(18(29(32)33)19(30)28(4-2)20(27)31)10-9-14-11-25-26(12-14)13-15-7-5-6-8-16(15)21(22,23)24/h5-12H,3-4,13H2,1-2H3/b10-9+. The van der Waals surface area contributed by atoms with E-state index in [0.29, 0.717) is 5.56 Å². The number of aromatic nitrogens is 4. The molecule has 9 nitrogen and oxygen atoms in total. The molecule has 33 heavy (non-hydrogen) atoms. The maximum Gasteiger partial charge on any atom is 0.416 e. The highest BCUT2D eigenvalue weighted by molar-refractivity contribution is 5.71. The molecule has 174 valence electrons. The summed E-state index contributed by atoms with van der Waals surface area (Å²) in [6.07, 6.45) is 0.976. The van der Waals surface area contributed by atoms with Gasteiger partial charge in [-0.05, 0) is 37.6 Å². The molecule has 0 aliphatic heterocycles. The summed E-state index contributed by atoms with van der Waals surface area (Å²) in [6, 6.07) is 5.14. The van der Waals surface area contributed by atoms with Crippen molar-refractivity contribution in [1.82, 2.24) is 18.9 Å². The van der Waals surface area contributed by atoms with Crippen molar-refractivity contribution in [3.8, 4) is 0 Å². The highest BCUT2D eigenvalue weighted by Gasteiger charge is 2.33. The van der Waals surface area contributed by atoms with E-state index in [0.717, 1.165) is 15.2 Å². The van der Waals surface area contributed by atoms with Gasteiger partial charge in [0.2, 0.25) is 0 Å². The van der Waals surface area contributed by atoms with Crippen LogP contribution in [0.2, 0.25) is 0 Å². The van der Waals surface area contributed by atoms with E-state index < -0.39 is 33.6 Å². The van der Waals surface area contributed by atoms with Crippen LogP contribution in [-0.2, 0) is 25.8 Å². The molecule has 0 unspecified atom stereocenters. The number of hydrogen-bond acceptors (Lipinski definition) is 5. The fourth-order valence-electron chi connectivity index (χ4n) is 3.46. The Morgan fingerprint density at radius 1 is 1.09 bits per heavy atom. The summed E-state index contributed by atoms with van der Waals surface area (Å²) in [5, 5.41) is 15.6. The van der Waals surface area contributed by atoms with E-state index in [-0.39, 0.29) is 30.9 Å². The van der Waals surface area contributed by atoms with Crippen molar-refractivity contribution in [2.24, 2.45) is 0 Å². The van der Waals surface area contributed by atoms with Gasteiger partial charge in [0.25, 0.3) is 0 Å². The van der Waals surface area contributed by atoms with Gasteiger partial charge in [0.05, 0.1) is 23.2 Å². The highest BCUT2D eigenvalue weighted by Crippen LogP contribution is 2.32. The van der Waals surface area contributed by atoms with Crippen LogP contribution in [-0.4, -0.2) is 23.8 Å². The first kappa shape index (κ1) is 23.7. The van der Waals surface area contributed by atoms with Gasteiger partial charge in [-0.3, -0.25) is 28.7 Å². The molecule has 0 atom stereocenters. The molecule has 3 rings (SSSR count). The Kier molecular flexibility index (Phi) is 6.65. The van der Waals surface area contributed by atoms with Crippen LogP contribution in [0.25, 0.3) is 12.2 Å². The van der Waals surface area contributed by atoms with E-state index >= 15 is 0 Å². The Bertz CT molecular complexity index is 1330. The quantitative estimate of drug-likeness (QED) is 0.395. The molecule has 0 saturated heterocycles. The number of alkyl halides is 3. The van der Waals surface area contributed by atoms with Gasteiger partial charge < -0.3 is 0 Å². The van der Waals surface area contributed by atoms with Crippen LogP contribution in [0.5, 0.6) is 0 Å². The molecular formula is C21H20F3N5O4. The monoisotopic (exact) mass is 463 g/mol. The van der Waals surface area contributed by atoms with Gasteiger partial charge in [-0.1, -0.05) is 18.2 Å². The largest absolute Gasteiger partial charge is 0.416 e. The Labute approximate surface area is 185 Å². The fraction of sp³-hybridized carbons (Fsp3) is 0.286. The van der Waals surface area contributed by atoms with Crippen LogP contribution in [0.4, 0.5) is 18.9 Å². The summed E-state index contributed by atoms with van der Waals surface area (Å²) in [7, 11) is 0. The Hall–Kier alpha value is -3.96. The molecule has 0 aliphatic rings. The molecule has 0 aliphatic carbocycles. The number of hydrogen-bond donors (Lipinski definition) is 0. The third kappa shape index (κ3) is 4.78. The van der Waals surface area contributed by atoms with Gasteiger partial charge in [-0.15, -0.1) is 0 Å². The van der Waals surface area contributed by atoms with E-state index in [9.17, 15) is 32.9 Å². The number of halogens is 3. The summed E-state index contributed by atoms with van der Waals surface area (Å²) in [6.45, 7) is 3.08.